The van der Waals surface area contributed by atoms with E-state index in [1.165, 1.54) is 28.8 Å². The van der Waals surface area contributed by atoms with E-state index in [1.807, 2.05) is 0 Å². The fourth-order valence-electron chi connectivity index (χ4n) is 2.11. The number of aromatic nitrogens is 3. The number of ether oxygens (including phenoxy) is 1. The van der Waals surface area contributed by atoms with Crippen LogP contribution < -0.4 is 10.3 Å². The van der Waals surface area contributed by atoms with E-state index in [0.717, 1.165) is 0 Å². The first-order chi connectivity index (χ1) is 10.3. The number of nitrogens with zero attached hydrogens (tertiary/aromatic N) is 2. The van der Waals surface area contributed by atoms with Crippen molar-refractivity contribution in [3.63, 3.8) is 0 Å². The zero-order valence-electron chi connectivity index (χ0n) is 11.3. The van der Waals surface area contributed by atoms with Crippen molar-refractivity contribution in [2.75, 3.05) is 0 Å². The van der Waals surface area contributed by atoms with Crippen molar-refractivity contribution in [2.45, 2.75) is 13.3 Å². The van der Waals surface area contributed by atoms with Crippen LogP contribution in [0.3, 0.4) is 0 Å². The van der Waals surface area contributed by atoms with Crippen LogP contribution in [0.5, 0.6) is 5.75 Å². The number of nitrogens with one attached hydrogen (secondary N) is 1. The molecule has 0 amide bonds. The molecule has 2 heterocycles. The second-order valence-electron chi connectivity index (χ2n) is 4.68. The topological polar surface area (TPSA) is 59.4 Å². The second kappa shape index (κ2) is 4.90. The Bertz CT molecular complexity index is 879. The Hall–Kier alpha value is -2.77. The number of aryl methyl sites for hydroxylation is 1. The molecule has 0 fully saturated rings. The van der Waals surface area contributed by atoms with E-state index < -0.39 is 6.36 Å². The van der Waals surface area contributed by atoms with Gasteiger partial charge in [-0.3, -0.25) is 4.79 Å². The van der Waals surface area contributed by atoms with Gasteiger partial charge in [-0.1, -0.05) is 0 Å². The Balaban J connectivity index is 1.99. The average Bonchev–Trinajstić information content (AvgIpc) is 2.79. The smallest absolute Gasteiger partial charge is 0.406 e. The summed E-state index contributed by atoms with van der Waals surface area (Å²) in [5, 5.41) is 4.15. The van der Waals surface area contributed by atoms with Crippen molar-refractivity contribution in [3.8, 4) is 17.0 Å². The molecule has 0 aliphatic heterocycles. The van der Waals surface area contributed by atoms with Crippen LogP contribution in [-0.2, 0) is 0 Å². The third-order valence-electron chi connectivity index (χ3n) is 2.99. The molecule has 0 atom stereocenters. The van der Waals surface area contributed by atoms with Crippen LogP contribution in [-0.4, -0.2) is 21.0 Å². The van der Waals surface area contributed by atoms with Crippen molar-refractivity contribution in [1.82, 2.24) is 14.6 Å². The Morgan fingerprint density at radius 3 is 2.55 bits per heavy atom. The highest BCUT2D eigenvalue weighted by molar-refractivity contribution is 5.61. The van der Waals surface area contributed by atoms with Gasteiger partial charge in [0.15, 0.2) is 0 Å². The summed E-state index contributed by atoms with van der Waals surface area (Å²) in [5.74, 6) is -0.324. The first kappa shape index (κ1) is 14.2. The van der Waals surface area contributed by atoms with Gasteiger partial charge in [0.25, 0.3) is 5.56 Å². The highest BCUT2D eigenvalue weighted by atomic mass is 19.4. The lowest BCUT2D eigenvalue weighted by atomic mass is 10.1. The van der Waals surface area contributed by atoms with Crippen LogP contribution >= 0.6 is 0 Å². The normalized spacial score (nSPS) is 11.8. The molecule has 2 aromatic heterocycles. The minimum Gasteiger partial charge on any atom is -0.406 e. The average molecular weight is 309 g/mol. The van der Waals surface area contributed by atoms with E-state index in [1.54, 1.807) is 19.2 Å². The van der Waals surface area contributed by atoms with Gasteiger partial charge in [-0.25, -0.2) is 4.52 Å². The lowest BCUT2D eigenvalue weighted by molar-refractivity contribution is -0.274. The number of H-pyrrole nitrogens is 1. The van der Waals surface area contributed by atoms with Gasteiger partial charge < -0.3 is 9.72 Å². The predicted molar refractivity (Wildman–Crippen MR) is 72.7 cm³/mol. The van der Waals surface area contributed by atoms with Gasteiger partial charge in [0.2, 0.25) is 0 Å². The number of benzene rings is 1. The Labute approximate surface area is 122 Å². The number of hydrogen-bond donors (Lipinski definition) is 1. The molecule has 1 aromatic carbocycles. The summed E-state index contributed by atoms with van der Waals surface area (Å²) in [7, 11) is 0. The molecular weight excluding hydrogens is 299 g/mol. The van der Waals surface area contributed by atoms with Crippen LogP contribution in [0, 0.1) is 6.92 Å². The first-order valence-corrected chi connectivity index (χ1v) is 6.27. The van der Waals surface area contributed by atoms with E-state index in [4.69, 9.17) is 0 Å². The zero-order valence-corrected chi connectivity index (χ0v) is 11.3. The fraction of sp³-hybridized carbons (Fsp3) is 0.143. The first-order valence-electron chi connectivity index (χ1n) is 6.27. The monoisotopic (exact) mass is 309 g/mol. The zero-order chi connectivity index (χ0) is 15.9. The number of rotatable bonds is 2. The van der Waals surface area contributed by atoms with Gasteiger partial charge in [0.05, 0.1) is 17.6 Å². The van der Waals surface area contributed by atoms with Crippen LogP contribution in [0.2, 0.25) is 0 Å². The van der Waals surface area contributed by atoms with Gasteiger partial charge in [-0.2, -0.15) is 5.10 Å². The Morgan fingerprint density at radius 1 is 1.23 bits per heavy atom. The standard InChI is InChI=1S/C14H10F3N3O2/c1-8-6-12-13(21)18-11(7-20(12)19-8)9-2-4-10(5-3-9)22-14(15,16)17/h2-7H,1H3,(H,18,21). The minimum absolute atomic E-state index is 0.324. The van der Waals surface area contributed by atoms with Gasteiger partial charge >= 0.3 is 6.36 Å². The molecule has 0 spiro atoms. The lowest BCUT2D eigenvalue weighted by Crippen LogP contribution is -2.17. The molecule has 3 rings (SSSR count). The van der Waals surface area contributed by atoms with Gasteiger partial charge in [-0.05, 0) is 42.8 Å². The summed E-state index contributed by atoms with van der Waals surface area (Å²) < 4.78 is 41.6. The largest absolute Gasteiger partial charge is 0.573 e. The van der Waals surface area contributed by atoms with E-state index in [0.29, 0.717) is 22.5 Å². The fourth-order valence-corrected chi connectivity index (χ4v) is 2.11. The Morgan fingerprint density at radius 2 is 1.91 bits per heavy atom. The molecule has 0 unspecified atom stereocenters. The molecule has 3 aromatic rings. The highest BCUT2D eigenvalue weighted by Crippen LogP contribution is 2.25. The molecular formula is C14H10F3N3O2. The minimum atomic E-state index is -4.73. The number of alkyl halides is 3. The van der Waals surface area contributed by atoms with Crippen LogP contribution in [0.1, 0.15) is 5.69 Å². The Kier molecular flexibility index (Phi) is 3.16. The number of halogens is 3. The molecule has 1 N–H and O–H groups in total. The SMILES string of the molecule is Cc1cc2c(=O)[nH]c(-c3ccc(OC(F)(F)F)cc3)cn2n1. The molecule has 5 nitrogen and oxygen atoms in total. The van der Waals surface area contributed by atoms with E-state index in [9.17, 15) is 18.0 Å². The summed E-state index contributed by atoms with van der Waals surface area (Å²) in [5.41, 5.74) is 1.75. The van der Waals surface area contributed by atoms with E-state index in [2.05, 4.69) is 14.8 Å². The molecule has 0 bridgehead atoms. The van der Waals surface area contributed by atoms with Crippen molar-refractivity contribution in [3.05, 3.63) is 52.6 Å². The maximum atomic E-state index is 12.1. The van der Waals surface area contributed by atoms with Gasteiger partial charge in [-0.15, -0.1) is 13.2 Å². The van der Waals surface area contributed by atoms with Crippen LogP contribution in [0.15, 0.2) is 41.3 Å². The quantitative estimate of drug-likeness (QED) is 0.792. The molecule has 8 heteroatoms. The van der Waals surface area contributed by atoms with E-state index >= 15 is 0 Å². The van der Waals surface area contributed by atoms with Gasteiger partial charge in [0.1, 0.15) is 11.3 Å². The number of aromatic amines is 1. The van der Waals surface area contributed by atoms with Crippen molar-refractivity contribution in [2.24, 2.45) is 0 Å². The van der Waals surface area contributed by atoms with Crippen molar-refractivity contribution in [1.29, 1.82) is 0 Å². The summed E-state index contributed by atoms with van der Waals surface area (Å²) in [6.45, 7) is 1.76. The second-order valence-corrected chi connectivity index (χ2v) is 4.68. The molecule has 0 saturated carbocycles. The molecule has 114 valence electrons. The summed E-state index contributed by atoms with van der Waals surface area (Å²) in [6.07, 6.45) is -3.13. The van der Waals surface area contributed by atoms with Crippen molar-refractivity contribution >= 4 is 5.52 Å². The van der Waals surface area contributed by atoms with Gasteiger partial charge in [0, 0.05) is 0 Å². The summed E-state index contributed by atoms with van der Waals surface area (Å²) in [6, 6.07) is 6.85. The maximum absolute atomic E-state index is 12.1. The molecule has 0 aliphatic rings. The molecule has 0 aliphatic carbocycles. The molecule has 0 radical (unpaired) electrons. The summed E-state index contributed by atoms with van der Waals surface area (Å²) in [4.78, 5) is 14.6. The molecule has 22 heavy (non-hydrogen) atoms. The third kappa shape index (κ3) is 2.80. The van der Waals surface area contributed by atoms with E-state index in [-0.39, 0.29) is 11.3 Å². The van der Waals surface area contributed by atoms with Crippen molar-refractivity contribution < 1.29 is 17.9 Å². The lowest BCUT2D eigenvalue weighted by Gasteiger charge is -2.09. The molecule has 0 saturated heterocycles. The summed E-state index contributed by atoms with van der Waals surface area (Å²) >= 11 is 0. The predicted octanol–water partition coefficient (Wildman–Crippen LogP) is 2.90. The number of hydrogen-bond acceptors (Lipinski definition) is 3. The maximum Gasteiger partial charge on any atom is 0.573 e. The van der Waals surface area contributed by atoms with Crippen LogP contribution in [0.4, 0.5) is 13.2 Å². The number of fused-ring (bicyclic) bond motifs is 1. The van der Waals surface area contributed by atoms with Crippen LogP contribution in [0.25, 0.3) is 16.8 Å². The highest BCUT2D eigenvalue weighted by Gasteiger charge is 2.30. The third-order valence-corrected chi connectivity index (χ3v) is 2.99.